The van der Waals surface area contributed by atoms with E-state index in [1.54, 1.807) is 0 Å². The van der Waals surface area contributed by atoms with Gasteiger partial charge in [-0.1, -0.05) is 61.5 Å². The molecule has 1 atom stereocenters. The van der Waals surface area contributed by atoms with Crippen molar-refractivity contribution >= 4 is 11.7 Å². The monoisotopic (exact) mass is 407 g/mol. The molecular weight excluding hydrogens is 374 g/mol. The fraction of sp³-hybridized carbons (Fsp3) is 0.440. The molecule has 2 aromatic carbocycles. The van der Waals surface area contributed by atoms with E-state index in [1.807, 2.05) is 42.5 Å². The number of likely N-dealkylation sites (N-methyl/N-ethyl adjacent to an activating group) is 1. The van der Waals surface area contributed by atoms with Gasteiger partial charge in [-0.3, -0.25) is 14.5 Å². The third-order valence-electron chi connectivity index (χ3n) is 5.84. The molecule has 1 fully saturated rings. The lowest BCUT2D eigenvalue weighted by Gasteiger charge is -2.35. The van der Waals surface area contributed by atoms with Gasteiger partial charge in [-0.15, -0.1) is 0 Å². The van der Waals surface area contributed by atoms with Crippen LogP contribution in [0.5, 0.6) is 0 Å². The molecule has 1 amide bonds. The van der Waals surface area contributed by atoms with Crippen LogP contribution in [0.3, 0.4) is 0 Å². The molecule has 30 heavy (non-hydrogen) atoms. The van der Waals surface area contributed by atoms with E-state index in [0.29, 0.717) is 5.56 Å². The van der Waals surface area contributed by atoms with Crippen molar-refractivity contribution in [2.75, 3.05) is 39.8 Å². The number of aryl methyl sites for hydroxylation is 1. The minimum absolute atomic E-state index is 0.0168. The SMILES string of the molecule is CCc1ccc(C(=O)CCC(=O)NC(CN2CCN(C)CC2)c2ccccc2)cc1. The van der Waals surface area contributed by atoms with Crippen LogP contribution in [0.4, 0.5) is 0 Å². The molecule has 0 bridgehead atoms. The molecular formula is C25H33N3O2. The molecule has 0 radical (unpaired) electrons. The van der Waals surface area contributed by atoms with Crippen molar-refractivity contribution in [2.24, 2.45) is 0 Å². The van der Waals surface area contributed by atoms with Gasteiger partial charge in [0.05, 0.1) is 6.04 Å². The van der Waals surface area contributed by atoms with Crippen molar-refractivity contribution in [1.29, 1.82) is 0 Å². The summed E-state index contributed by atoms with van der Waals surface area (Å²) in [6.45, 7) is 6.97. The largest absolute Gasteiger partial charge is 0.348 e. The Morgan fingerprint density at radius 2 is 1.60 bits per heavy atom. The number of hydrogen-bond acceptors (Lipinski definition) is 4. The summed E-state index contributed by atoms with van der Waals surface area (Å²) in [4.78, 5) is 29.9. The van der Waals surface area contributed by atoms with Gasteiger partial charge in [0.1, 0.15) is 0 Å². The highest BCUT2D eigenvalue weighted by atomic mass is 16.2. The van der Waals surface area contributed by atoms with Crippen molar-refractivity contribution in [1.82, 2.24) is 15.1 Å². The molecule has 2 aromatic rings. The molecule has 1 heterocycles. The number of ketones is 1. The van der Waals surface area contributed by atoms with Gasteiger partial charge < -0.3 is 10.2 Å². The maximum Gasteiger partial charge on any atom is 0.220 e. The van der Waals surface area contributed by atoms with Gasteiger partial charge in [0.15, 0.2) is 5.78 Å². The number of piperazine rings is 1. The number of carbonyl (C=O) groups is 2. The van der Waals surface area contributed by atoms with E-state index in [0.717, 1.165) is 44.7 Å². The van der Waals surface area contributed by atoms with E-state index >= 15 is 0 Å². The Kier molecular flexibility index (Phi) is 8.17. The van der Waals surface area contributed by atoms with Crippen molar-refractivity contribution in [3.63, 3.8) is 0 Å². The van der Waals surface area contributed by atoms with E-state index in [9.17, 15) is 9.59 Å². The van der Waals surface area contributed by atoms with Crippen LogP contribution in [0.15, 0.2) is 54.6 Å². The second-order valence-corrected chi connectivity index (χ2v) is 8.11. The van der Waals surface area contributed by atoms with Gasteiger partial charge in [0.25, 0.3) is 0 Å². The smallest absolute Gasteiger partial charge is 0.220 e. The molecule has 5 nitrogen and oxygen atoms in total. The molecule has 1 aliphatic heterocycles. The number of nitrogens with zero attached hydrogens (tertiary/aromatic N) is 2. The Hall–Kier alpha value is -2.50. The van der Waals surface area contributed by atoms with Crippen LogP contribution in [0.25, 0.3) is 0 Å². The zero-order valence-corrected chi connectivity index (χ0v) is 18.1. The Morgan fingerprint density at radius 1 is 0.933 bits per heavy atom. The summed E-state index contributed by atoms with van der Waals surface area (Å²) in [5.41, 5.74) is 2.99. The van der Waals surface area contributed by atoms with Gasteiger partial charge in [-0.05, 0) is 24.6 Å². The van der Waals surface area contributed by atoms with Crippen LogP contribution >= 0.6 is 0 Å². The normalized spacial score (nSPS) is 16.2. The predicted octanol–water partition coefficient (Wildman–Crippen LogP) is 3.32. The van der Waals surface area contributed by atoms with Gasteiger partial charge in [-0.2, -0.15) is 0 Å². The van der Waals surface area contributed by atoms with Crippen LogP contribution in [0.1, 0.15) is 47.3 Å². The van der Waals surface area contributed by atoms with E-state index < -0.39 is 0 Å². The summed E-state index contributed by atoms with van der Waals surface area (Å²) in [5.74, 6) is -0.0559. The lowest BCUT2D eigenvalue weighted by Crippen LogP contribution is -2.47. The maximum absolute atomic E-state index is 12.7. The minimum Gasteiger partial charge on any atom is -0.348 e. The van der Waals surface area contributed by atoms with Crippen LogP contribution < -0.4 is 5.32 Å². The molecule has 3 rings (SSSR count). The fourth-order valence-electron chi connectivity index (χ4n) is 3.77. The quantitative estimate of drug-likeness (QED) is 0.648. The number of amides is 1. The van der Waals surface area contributed by atoms with Crippen molar-refractivity contribution in [3.05, 3.63) is 71.3 Å². The first-order chi connectivity index (χ1) is 14.5. The Morgan fingerprint density at radius 3 is 2.23 bits per heavy atom. The second kappa shape index (κ2) is 11.0. The van der Waals surface area contributed by atoms with Crippen molar-refractivity contribution in [3.8, 4) is 0 Å². The van der Waals surface area contributed by atoms with Gasteiger partial charge >= 0.3 is 0 Å². The summed E-state index contributed by atoms with van der Waals surface area (Å²) < 4.78 is 0. The van der Waals surface area contributed by atoms with Crippen LogP contribution in [-0.4, -0.2) is 61.3 Å². The summed E-state index contributed by atoms with van der Waals surface area (Å²) in [7, 11) is 2.14. The lowest BCUT2D eigenvalue weighted by molar-refractivity contribution is -0.122. The first kappa shape index (κ1) is 22.2. The van der Waals surface area contributed by atoms with Crippen molar-refractivity contribution in [2.45, 2.75) is 32.2 Å². The van der Waals surface area contributed by atoms with E-state index in [-0.39, 0.29) is 30.6 Å². The zero-order valence-electron chi connectivity index (χ0n) is 18.1. The highest BCUT2D eigenvalue weighted by Crippen LogP contribution is 2.16. The molecule has 1 aliphatic rings. The Bertz CT molecular complexity index is 812. The van der Waals surface area contributed by atoms with E-state index in [1.165, 1.54) is 5.56 Å². The van der Waals surface area contributed by atoms with Crippen LogP contribution in [0.2, 0.25) is 0 Å². The molecule has 1 unspecified atom stereocenters. The zero-order chi connectivity index (χ0) is 21.3. The molecule has 5 heteroatoms. The molecule has 160 valence electrons. The summed E-state index contributed by atoms with van der Waals surface area (Å²) in [5, 5.41) is 3.17. The number of benzene rings is 2. The molecule has 1 N–H and O–H groups in total. The predicted molar refractivity (Wildman–Crippen MR) is 121 cm³/mol. The molecule has 0 saturated carbocycles. The first-order valence-electron chi connectivity index (χ1n) is 10.9. The standard InChI is InChI=1S/C25H33N3O2/c1-3-20-9-11-22(12-10-20)24(29)13-14-25(30)26-23(21-7-5-4-6-8-21)19-28-17-15-27(2)16-18-28/h4-12,23H,3,13-19H2,1-2H3,(H,26,30). The number of Topliss-reactive ketones (excluding diaryl/α,β-unsaturated/α-hetero) is 1. The minimum atomic E-state index is -0.0727. The van der Waals surface area contributed by atoms with Crippen LogP contribution in [-0.2, 0) is 11.2 Å². The van der Waals surface area contributed by atoms with Gasteiger partial charge in [-0.25, -0.2) is 0 Å². The molecule has 0 aromatic heterocycles. The highest BCUT2D eigenvalue weighted by Gasteiger charge is 2.21. The fourth-order valence-corrected chi connectivity index (χ4v) is 3.77. The van der Waals surface area contributed by atoms with Crippen molar-refractivity contribution < 1.29 is 9.59 Å². The van der Waals surface area contributed by atoms with Gasteiger partial charge in [0, 0.05) is 51.1 Å². The van der Waals surface area contributed by atoms with E-state index in [2.05, 4.69) is 41.2 Å². The number of nitrogens with one attached hydrogen (secondary N) is 1. The van der Waals surface area contributed by atoms with Crippen LogP contribution in [0, 0.1) is 0 Å². The topological polar surface area (TPSA) is 52.7 Å². The number of rotatable bonds is 9. The summed E-state index contributed by atoms with van der Waals surface area (Å²) in [6, 6.07) is 17.7. The number of hydrogen-bond donors (Lipinski definition) is 1. The third-order valence-corrected chi connectivity index (χ3v) is 5.84. The summed E-state index contributed by atoms with van der Waals surface area (Å²) in [6.07, 6.45) is 1.39. The molecule has 0 aliphatic carbocycles. The average Bonchev–Trinajstić information content (AvgIpc) is 2.79. The second-order valence-electron chi connectivity index (χ2n) is 8.11. The lowest BCUT2D eigenvalue weighted by atomic mass is 10.0. The summed E-state index contributed by atoms with van der Waals surface area (Å²) >= 11 is 0. The highest BCUT2D eigenvalue weighted by molar-refractivity contribution is 5.98. The van der Waals surface area contributed by atoms with Gasteiger partial charge in [0.2, 0.25) is 5.91 Å². The average molecular weight is 408 g/mol. The third kappa shape index (κ3) is 6.51. The first-order valence-corrected chi connectivity index (χ1v) is 10.9. The number of carbonyl (C=O) groups excluding carboxylic acids is 2. The Labute approximate surface area is 180 Å². The van der Waals surface area contributed by atoms with E-state index in [4.69, 9.17) is 0 Å². The molecule has 1 saturated heterocycles. The Balaban J connectivity index is 1.56. The molecule has 0 spiro atoms. The maximum atomic E-state index is 12.7.